The molecule has 0 saturated carbocycles. The van der Waals surface area contributed by atoms with E-state index >= 15 is 0 Å². The zero-order valence-electron chi connectivity index (χ0n) is 14.0. The number of halogens is 2. The predicted molar refractivity (Wildman–Crippen MR) is 89.1 cm³/mol. The number of pyridine rings is 1. The maximum absolute atomic E-state index is 13.2. The maximum Gasteiger partial charge on any atom is 0.260 e. The Hall–Kier alpha value is -2.74. The zero-order valence-corrected chi connectivity index (χ0v) is 14.0. The van der Waals surface area contributed by atoms with Gasteiger partial charge in [0.05, 0.1) is 6.54 Å². The summed E-state index contributed by atoms with van der Waals surface area (Å²) in [6, 6.07) is 5.85. The lowest BCUT2D eigenvalue weighted by atomic mass is 10.0. The minimum absolute atomic E-state index is 0.00521. The van der Waals surface area contributed by atoms with Crippen molar-refractivity contribution in [2.45, 2.75) is 25.6 Å². The van der Waals surface area contributed by atoms with Gasteiger partial charge in [0.2, 0.25) is 0 Å². The van der Waals surface area contributed by atoms with Crippen LogP contribution in [0.3, 0.4) is 0 Å². The van der Waals surface area contributed by atoms with Gasteiger partial charge in [0.1, 0.15) is 35.2 Å². The van der Waals surface area contributed by atoms with Crippen LogP contribution in [0.25, 0.3) is 0 Å². The summed E-state index contributed by atoms with van der Waals surface area (Å²) in [6.45, 7) is 1.90. The highest BCUT2D eigenvalue weighted by Crippen LogP contribution is 2.22. The van der Waals surface area contributed by atoms with E-state index in [4.69, 9.17) is 4.74 Å². The van der Waals surface area contributed by atoms with Crippen molar-refractivity contribution in [1.82, 2.24) is 9.88 Å². The number of benzene rings is 1. The van der Waals surface area contributed by atoms with Gasteiger partial charge in [0.25, 0.3) is 11.5 Å². The van der Waals surface area contributed by atoms with Crippen LogP contribution in [0.5, 0.6) is 5.75 Å². The first kappa shape index (κ1) is 18.1. The van der Waals surface area contributed by atoms with Crippen molar-refractivity contribution in [3.05, 3.63) is 63.6 Å². The van der Waals surface area contributed by atoms with E-state index in [9.17, 15) is 23.5 Å². The van der Waals surface area contributed by atoms with Gasteiger partial charge in [0, 0.05) is 36.9 Å². The van der Waals surface area contributed by atoms with Crippen molar-refractivity contribution < 1.29 is 23.4 Å². The smallest absolute Gasteiger partial charge is 0.260 e. The van der Waals surface area contributed by atoms with E-state index < -0.39 is 35.3 Å². The number of β-amino-alcohol motifs (C(OH)–C–C–N with tert-alkyl or cyclic N) is 1. The van der Waals surface area contributed by atoms with E-state index in [1.165, 1.54) is 11.0 Å². The molecular weight excluding hydrogens is 346 g/mol. The fourth-order valence-electron chi connectivity index (χ4n) is 2.91. The number of aliphatic hydroxyl groups is 1. The molecule has 2 heterocycles. The lowest BCUT2D eigenvalue weighted by Gasteiger charge is -2.35. The molecule has 0 spiro atoms. The Morgan fingerprint density at radius 1 is 1.27 bits per heavy atom. The number of piperidine rings is 1. The number of hydrogen-bond acceptors (Lipinski definition) is 4. The average Bonchev–Trinajstić information content (AvgIpc) is 2.55. The van der Waals surface area contributed by atoms with Gasteiger partial charge in [-0.2, -0.15) is 0 Å². The van der Waals surface area contributed by atoms with Crippen LogP contribution in [-0.4, -0.2) is 46.2 Å². The highest BCUT2D eigenvalue weighted by atomic mass is 19.1. The number of rotatable bonds is 3. The lowest BCUT2D eigenvalue weighted by molar-refractivity contribution is -0.0201. The Morgan fingerprint density at radius 3 is 2.58 bits per heavy atom. The zero-order chi connectivity index (χ0) is 18.8. The third-order valence-electron chi connectivity index (χ3n) is 4.22. The number of amides is 1. The number of aromatic nitrogens is 1. The molecule has 1 aliphatic rings. The lowest BCUT2D eigenvalue weighted by Crippen LogP contribution is -2.51. The van der Waals surface area contributed by atoms with Crippen molar-refractivity contribution in [3.8, 4) is 5.75 Å². The largest absolute Gasteiger partial charge is 0.487 e. The number of likely N-dealkylation sites (tertiary alicyclic amines) is 1. The van der Waals surface area contributed by atoms with E-state index in [2.05, 4.69) is 4.98 Å². The third kappa shape index (κ3) is 3.91. The van der Waals surface area contributed by atoms with E-state index in [-0.39, 0.29) is 30.8 Å². The Labute approximate surface area is 148 Å². The van der Waals surface area contributed by atoms with Gasteiger partial charge in [-0.25, -0.2) is 8.78 Å². The molecule has 0 unspecified atom stereocenters. The summed E-state index contributed by atoms with van der Waals surface area (Å²) in [5.41, 5.74) is 0.147. The molecule has 0 radical (unpaired) electrons. The van der Waals surface area contributed by atoms with Gasteiger partial charge in [-0.3, -0.25) is 9.59 Å². The number of aromatic amines is 1. The molecule has 1 aliphatic heterocycles. The van der Waals surface area contributed by atoms with Gasteiger partial charge in [-0.05, 0) is 19.1 Å². The molecule has 2 atom stereocenters. The molecule has 1 aromatic heterocycles. The fourth-order valence-corrected chi connectivity index (χ4v) is 2.91. The Bertz CT molecular complexity index is 863. The standard InChI is InChI=1S/C18H18F2N2O4/c1-10-2-3-14(17(24)21-10)18(25)22-5-4-16(15(23)9-22)26-13-7-11(19)6-12(20)8-13/h2-3,6-8,15-16,23H,4-5,9H2,1H3,(H,21,24)/t15-,16-/m1/s1. The van der Waals surface area contributed by atoms with Crippen LogP contribution in [0.1, 0.15) is 22.5 Å². The number of aliphatic hydroxyl groups excluding tert-OH is 1. The molecule has 138 valence electrons. The van der Waals surface area contributed by atoms with Gasteiger partial charge >= 0.3 is 0 Å². The van der Waals surface area contributed by atoms with E-state index in [1.807, 2.05) is 0 Å². The second kappa shape index (κ2) is 7.25. The first-order chi connectivity index (χ1) is 12.3. The van der Waals surface area contributed by atoms with E-state index in [0.717, 1.165) is 18.2 Å². The average molecular weight is 364 g/mol. The van der Waals surface area contributed by atoms with Crippen LogP contribution >= 0.6 is 0 Å². The fraction of sp³-hybridized carbons (Fsp3) is 0.333. The van der Waals surface area contributed by atoms with E-state index in [0.29, 0.717) is 5.69 Å². The molecule has 1 fully saturated rings. The molecule has 2 N–H and O–H groups in total. The minimum Gasteiger partial charge on any atom is -0.487 e. The van der Waals surface area contributed by atoms with Crippen LogP contribution in [0.2, 0.25) is 0 Å². The number of ether oxygens (including phenoxy) is 1. The summed E-state index contributed by atoms with van der Waals surface area (Å²) in [6.07, 6.45) is -1.51. The summed E-state index contributed by atoms with van der Waals surface area (Å²) < 4.78 is 31.9. The van der Waals surface area contributed by atoms with Crippen molar-refractivity contribution in [2.75, 3.05) is 13.1 Å². The second-order valence-electron chi connectivity index (χ2n) is 6.25. The Morgan fingerprint density at radius 2 is 1.96 bits per heavy atom. The summed E-state index contributed by atoms with van der Waals surface area (Å²) >= 11 is 0. The van der Waals surface area contributed by atoms with Crippen LogP contribution < -0.4 is 10.3 Å². The Balaban J connectivity index is 1.68. The van der Waals surface area contributed by atoms with Crippen LogP contribution in [0, 0.1) is 18.6 Å². The number of aryl methyl sites for hydroxylation is 1. The molecule has 8 heteroatoms. The topological polar surface area (TPSA) is 82.6 Å². The molecule has 1 aromatic carbocycles. The molecule has 26 heavy (non-hydrogen) atoms. The number of H-pyrrole nitrogens is 1. The number of hydrogen-bond donors (Lipinski definition) is 2. The molecular formula is C18H18F2N2O4. The molecule has 2 aromatic rings. The summed E-state index contributed by atoms with van der Waals surface area (Å²) in [4.78, 5) is 28.3. The van der Waals surface area contributed by atoms with Gasteiger partial charge < -0.3 is 19.7 Å². The SMILES string of the molecule is Cc1ccc(C(=O)N2CC[C@@H](Oc3cc(F)cc(F)c3)[C@H](O)C2)c(=O)[nH]1. The molecule has 1 amide bonds. The van der Waals surface area contributed by atoms with Crippen LogP contribution in [0.15, 0.2) is 35.1 Å². The normalized spacial score (nSPS) is 20.1. The summed E-state index contributed by atoms with van der Waals surface area (Å²) in [7, 11) is 0. The molecule has 6 nitrogen and oxygen atoms in total. The monoisotopic (exact) mass is 364 g/mol. The molecule has 0 bridgehead atoms. The first-order valence-corrected chi connectivity index (χ1v) is 8.13. The molecule has 3 rings (SSSR count). The van der Waals surface area contributed by atoms with Crippen molar-refractivity contribution in [1.29, 1.82) is 0 Å². The quantitative estimate of drug-likeness (QED) is 0.867. The summed E-state index contributed by atoms with van der Waals surface area (Å²) in [5.74, 6) is -2.07. The van der Waals surface area contributed by atoms with Gasteiger partial charge in [-0.15, -0.1) is 0 Å². The van der Waals surface area contributed by atoms with Gasteiger partial charge in [0.15, 0.2) is 0 Å². The molecule has 1 saturated heterocycles. The first-order valence-electron chi connectivity index (χ1n) is 8.13. The predicted octanol–water partition coefficient (Wildman–Crippen LogP) is 1.62. The van der Waals surface area contributed by atoms with Crippen LogP contribution in [0.4, 0.5) is 8.78 Å². The van der Waals surface area contributed by atoms with E-state index in [1.54, 1.807) is 13.0 Å². The Kier molecular flexibility index (Phi) is 5.03. The van der Waals surface area contributed by atoms with Gasteiger partial charge in [-0.1, -0.05) is 0 Å². The minimum atomic E-state index is -1.05. The molecule has 0 aliphatic carbocycles. The highest BCUT2D eigenvalue weighted by molar-refractivity contribution is 5.93. The number of nitrogens with one attached hydrogen (secondary N) is 1. The van der Waals surface area contributed by atoms with Crippen LogP contribution in [-0.2, 0) is 0 Å². The summed E-state index contributed by atoms with van der Waals surface area (Å²) in [5, 5.41) is 10.3. The third-order valence-corrected chi connectivity index (χ3v) is 4.22. The number of nitrogens with zero attached hydrogens (tertiary/aromatic N) is 1. The number of carbonyl (C=O) groups is 1. The maximum atomic E-state index is 13.2. The second-order valence-corrected chi connectivity index (χ2v) is 6.25. The van der Waals surface area contributed by atoms with Crippen molar-refractivity contribution in [2.24, 2.45) is 0 Å². The van der Waals surface area contributed by atoms with Crippen molar-refractivity contribution >= 4 is 5.91 Å². The number of carbonyl (C=O) groups excluding carboxylic acids is 1. The highest BCUT2D eigenvalue weighted by Gasteiger charge is 2.32. The van der Waals surface area contributed by atoms with Crippen molar-refractivity contribution in [3.63, 3.8) is 0 Å².